The van der Waals surface area contributed by atoms with E-state index in [0.717, 1.165) is 23.3 Å². The first-order chi connectivity index (χ1) is 17.5. The summed E-state index contributed by atoms with van der Waals surface area (Å²) in [4.78, 5) is 28.6. The number of nitrogens with zero attached hydrogens (tertiary/aromatic N) is 1. The van der Waals surface area contributed by atoms with E-state index in [1.54, 1.807) is 28.8 Å². The van der Waals surface area contributed by atoms with Gasteiger partial charge in [0.25, 0.3) is 0 Å². The minimum Gasteiger partial charge on any atom is -0.354 e. The van der Waals surface area contributed by atoms with E-state index in [1.807, 2.05) is 61.5 Å². The molecule has 0 aliphatic heterocycles. The Labute approximate surface area is 228 Å². The van der Waals surface area contributed by atoms with Crippen molar-refractivity contribution in [3.8, 4) is 0 Å². The Kier molecular flexibility index (Phi) is 11.7. The molecule has 3 rings (SSSR count). The van der Waals surface area contributed by atoms with Gasteiger partial charge in [-0.1, -0.05) is 96.9 Å². The summed E-state index contributed by atoms with van der Waals surface area (Å²) >= 11 is 14.3. The summed E-state index contributed by atoms with van der Waals surface area (Å²) in [5.74, 6) is 1.26. The van der Waals surface area contributed by atoms with Crippen molar-refractivity contribution in [3.05, 3.63) is 106 Å². The molecule has 0 saturated heterocycles. The highest BCUT2D eigenvalue weighted by molar-refractivity contribution is 7.98. The van der Waals surface area contributed by atoms with E-state index in [9.17, 15) is 9.59 Å². The first-order valence-electron chi connectivity index (χ1n) is 12.1. The van der Waals surface area contributed by atoms with Gasteiger partial charge in [-0.05, 0) is 35.2 Å². The highest BCUT2D eigenvalue weighted by Gasteiger charge is 2.30. The van der Waals surface area contributed by atoms with Gasteiger partial charge in [0.15, 0.2) is 0 Å². The number of amides is 2. The van der Waals surface area contributed by atoms with Crippen molar-refractivity contribution in [1.29, 1.82) is 0 Å². The lowest BCUT2D eigenvalue weighted by Gasteiger charge is -2.32. The predicted molar refractivity (Wildman–Crippen MR) is 151 cm³/mol. The molecule has 0 bridgehead atoms. The molecular formula is C29H32Cl2N2O2S. The third-order valence-corrected chi connectivity index (χ3v) is 7.37. The summed E-state index contributed by atoms with van der Waals surface area (Å²) in [6.45, 7) is 2.79. The van der Waals surface area contributed by atoms with Crippen molar-refractivity contribution in [1.82, 2.24) is 10.2 Å². The number of carbonyl (C=O) groups is 2. The minimum absolute atomic E-state index is 0.0749. The fourth-order valence-electron chi connectivity index (χ4n) is 3.82. The molecule has 7 heteroatoms. The van der Waals surface area contributed by atoms with Gasteiger partial charge < -0.3 is 10.2 Å². The standard InChI is InChI=1S/C29H32Cl2N2O2S/c1-2-16-32-29(35)27(18-22-9-5-3-6-10-22)33(20-24-13-14-25(30)19-26(24)31)28(34)15-17-36-21-23-11-7-4-8-12-23/h3-14,19,27H,2,15-18,20-21H2,1H3,(H,32,35)/t27-/m0/s1. The summed E-state index contributed by atoms with van der Waals surface area (Å²) in [6, 6.07) is 24.6. The Balaban J connectivity index is 1.81. The van der Waals surface area contributed by atoms with E-state index in [-0.39, 0.29) is 18.4 Å². The number of hydrogen-bond acceptors (Lipinski definition) is 3. The van der Waals surface area contributed by atoms with E-state index in [1.165, 1.54) is 5.56 Å². The molecule has 4 nitrogen and oxygen atoms in total. The van der Waals surface area contributed by atoms with Crippen LogP contribution in [0.2, 0.25) is 10.0 Å². The maximum Gasteiger partial charge on any atom is 0.243 e. The zero-order chi connectivity index (χ0) is 25.8. The summed E-state index contributed by atoms with van der Waals surface area (Å²) in [6.07, 6.45) is 1.57. The van der Waals surface area contributed by atoms with Crippen LogP contribution in [-0.4, -0.2) is 35.1 Å². The van der Waals surface area contributed by atoms with Crippen LogP contribution in [0.5, 0.6) is 0 Å². The number of rotatable bonds is 13. The Hall–Kier alpha value is -2.47. The Bertz CT molecular complexity index is 1110. The van der Waals surface area contributed by atoms with E-state index in [0.29, 0.717) is 35.2 Å². The molecule has 0 heterocycles. The van der Waals surface area contributed by atoms with Gasteiger partial charge in [-0.3, -0.25) is 9.59 Å². The van der Waals surface area contributed by atoms with Gasteiger partial charge in [0.1, 0.15) is 6.04 Å². The SMILES string of the molecule is CCCNC(=O)[C@H](Cc1ccccc1)N(Cc1ccc(Cl)cc1Cl)C(=O)CCSCc1ccccc1. The molecule has 3 aromatic rings. The van der Waals surface area contributed by atoms with Gasteiger partial charge in [0.05, 0.1) is 0 Å². The Morgan fingerprint density at radius 3 is 2.25 bits per heavy atom. The number of thioether (sulfide) groups is 1. The zero-order valence-electron chi connectivity index (χ0n) is 20.5. The highest BCUT2D eigenvalue weighted by Crippen LogP contribution is 2.25. The highest BCUT2D eigenvalue weighted by atomic mass is 35.5. The van der Waals surface area contributed by atoms with Crippen molar-refractivity contribution in [2.24, 2.45) is 0 Å². The van der Waals surface area contributed by atoms with E-state index in [4.69, 9.17) is 23.2 Å². The van der Waals surface area contributed by atoms with Crippen LogP contribution in [0.1, 0.15) is 36.5 Å². The molecule has 0 fully saturated rings. The molecule has 2 amide bonds. The molecule has 0 unspecified atom stereocenters. The summed E-state index contributed by atoms with van der Waals surface area (Å²) in [5, 5.41) is 4.00. The second-order valence-corrected chi connectivity index (χ2v) is 10.5. The molecule has 0 radical (unpaired) electrons. The lowest BCUT2D eigenvalue weighted by Crippen LogP contribution is -2.50. The van der Waals surface area contributed by atoms with Crippen molar-refractivity contribution in [3.63, 3.8) is 0 Å². The molecule has 3 aromatic carbocycles. The first-order valence-corrected chi connectivity index (χ1v) is 14.1. The summed E-state index contributed by atoms with van der Waals surface area (Å²) < 4.78 is 0. The maximum atomic E-state index is 13.6. The Morgan fingerprint density at radius 2 is 1.61 bits per heavy atom. The number of carbonyl (C=O) groups excluding carboxylic acids is 2. The number of benzene rings is 3. The molecular weight excluding hydrogens is 511 g/mol. The second kappa shape index (κ2) is 14.9. The average Bonchev–Trinajstić information content (AvgIpc) is 2.89. The quantitative estimate of drug-likeness (QED) is 0.242. The van der Waals surface area contributed by atoms with Crippen LogP contribution in [0, 0.1) is 0 Å². The molecule has 0 spiro atoms. The lowest BCUT2D eigenvalue weighted by molar-refractivity contribution is -0.141. The van der Waals surface area contributed by atoms with Crippen LogP contribution in [-0.2, 0) is 28.3 Å². The molecule has 1 atom stereocenters. The molecule has 0 saturated carbocycles. The van der Waals surface area contributed by atoms with Gasteiger partial charge in [-0.15, -0.1) is 0 Å². The molecule has 0 aliphatic carbocycles. The lowest BCUT2D eigenvalue weighted by atomic mass is 10.0. The molecule has 190 valence electrons. The maximum absolute atomic E-state index is 13.6. The zero-order valence-corrected chi connectivity index (χ0v) is 22.8. The second-order valence-electron chi connectivity index (χ2n) is 8.54. The average molecular weight is 544 g/mol. The van der Waals surface area contributed by atoms with Gasteiger partial charge in [-0.25, -0.2) is 0 Å². The van der Waals surface area contributed by atoms with E-state index < -0.39 is 6.04 Å². The van der Waals surface area contributed by atoms with Gasteiger partial charge in [0.2, 0.25) is 11.8 Å². The topological polar surface area (TPSA) is 49.4 Å². The first kappa shape index (κ1) is 28.1. The fourth-order valence-corrected chi connectivity index (χ4v) is 5.18. The van der Waals surface area contributed by atoms with Crippen LogP contribution in [0.3, 0.4) is 0 Å². The van der Waals surface area contributed by atoms with Crippen LogP contribution >= 0.6 is 35.0 Å². The monoisotopic (exact) mass is 542 g/mol. The summed E-state index contributed by atoms with van der Waals surface area (Å²) in [5.41, 5.74) is 2.97. The van der Waals surface area contributed by atoms with Crippen molar-refractivity contribution in [2.45, 2.75) is 44.5 Å². The third-order valence-electron chi connectivity index (χ3n) is 5.75. The van der Waals surface area contributed by atoms with Gasteiger partial charge in [-0.2, -0.15) is 11.8 Å². The van der Waals surface area contributed by atoms with Crippen LogP contribution in [0.25, 0.3) is 0 Å². The molecule has 0 aromatic heterocycles. The largest absolute Gasteiger partial charge is 0.354 e. The van der Waals surface area contributed by atoms with Crippen LogP contribution in [0.4, 0.5) is 0 Å². The van der Waals surface area contributed by atoms with E-state index in [2.05, 4.69) is 17.4 Å². The fraction of sp³-hybridized carbons (Fsp3) is 0.310. The predicted octanol–water partition coefficient (Wildman–Crippen LogP) is 6.78. The van der Waals surface area contributed by atoms with Crippen LogP contribution in [0.15, 0.2) is 78.9 Å². The minimum atomic E-state index is -0.655. The van der Waals surface area contributed by atoms with Gasteiger partial charge >= 0.3 is 0 Å². The summed E-state index contributed by atoms with van der Waals surface area (Å²) in [7, 11) is 0. The molecule has 1 N–H and O–H groups in total. The van der Waals surface area contributed by atoms with E-state index >= 15 is 0 Å². The molecule has 36 heavy (non-hydrogen) atoms. The molecule has 0 aliphatic rings. The third kappa shape index (κ3) is 8.88. The van der Waals surface area contributed by atoms with Crippen molar-refractivity contribution in [2.75, 3.05) is 12.3 Å². The normalized spacial score (nSPS) is 11.6. The van der Waals surface area contributed by atoms with Crippen molar-refractivity contribution >= 4 is 46.8 Å². The van der Waals surface area contributed by atoms with Crippen LogP contribution < -0.4 is 5.32 Å². The number of hydrogen-bond donors (Lipinski definition) is 1. The Morgan fingerprint density at radius 1 is 0.944 bits per heavy atom. The smallest absolute Gasteiger partial charge is 0.243 e. The number of halogens is 2. The number of nitrogens with one attached hydrogen (secondary N) is 1. The van der Waals surface area contributed by atoms with Crippen molar-refractivity contribution < 1.29 is 9.59 Å². The van der Waals surface area contributed by atoms with Gasteiger partial charge in [0, 0.05) is 47.5 Å².